The van der Waals surface area contributed by atoms with Crippen molar-refractivity contribution in [3.8, 4) is 0 Å². The average Bonchev–Trinajstić information content (AvgIpc) is 2.44. The van der Waals surface area contributed by atoms with Crippen LogP contribution in [0.25, 0.3) is 0 Å². The summed E-state index contributed by atoms with van der Waals surface area (Å²) in [4.78, 5) is 11.8. The van der Waals surface area contributed by atoms with E-state index in [1.165, 1.54) is 12.8 Å². The van der Waals surface area contributed by atoms with Gasteiger partial charge in [-0.05, 0) is 56.5 Å². The van der Waals surface area contributed by atoms with Gasteiger partial charge in [-0.3, -0.25) is 0 Å². The molecule has 3 N–H and O–H groups in total. The molecule has 110 valence electrons. The summed E-state index contributed by atoms with van der Waals surface area (Å²) in [5.74, 6) is 0.652. The van der Waals surface area contributed by atoms with Gasteiger partial charge in [-0.25, -0.2) is 4.79 Å². The first kappa shape index (κ1) is 15.4. The molecule has 1 atom stereocenters. The molecule has 2 rings (SSSR count). The zero-order chi connectivity index (χ0) is 14.4. The minimum Gasteiger partial charge on any atom is -0.338 e. The Bertz CT molecular complexity index is 462. The first-order valence-corrected chi connectivity index (χ1v) is 7.61. The molecule has 1 aromatic rings. The Hall–Kier alpha value is -0.970. The van der Waals surface area contributed by atoms with Crippen molar-refractivity contribution in [2.75, 3.05) is 25.0 Å². The second kappa shape index (κ2) is 7.72. The van der Waals surface area contributed by atoms with Crippen LogP contribution < -0.4 is 16.0 Å². The normalized spacial score (nSPS) is 18.6. The second-order valence-corrected chi connectivity index (χ2v) is 5.85. The molecule has 0 radical (unpaired) electrons. The molecular weight excluding hydrogens is 297 g/mol. The highest BCUT2D eigenvalue weighted by molar-refractivity contribution is 6.35. The monoisotopic (exact) mass is 315 g/mol. The predicted octanol–water partition coefficient (Wildman–Crippen LogP) is 3.50. The molecule has 0 aromatic heterocycles. The summed E-state index contributed by atoms with van der Waals surface area (Å²) in [5, 5.41) is 9.93. The summed E-state index contributed by atoms with van der Waals surface area (Å²) in [6.45, 7) is 2.82. The molecule has 1 heterocycles. The maximum atomic E-state index is 11.8. The van der Waals surface area contributed by atoms with Crippen molar-refractivity contribution in [2.24, 2.45) is 5.92 Å². The van der Waals surface area contributed by atoms with Crippen molar-refractivity contribution in [1.29, 1.82) is 0 Å². The Labute approximate surface area is 129 Å². The van der Waals surface area contributed by atoms with E-state index in [2.05, 4.69) is 16.0 Å². The topological polar surface area (TPSA) is 53.2 Å². The summed E-state index contributed by atoms with van der Waals surface area (Å²) < 4.78 is 0. The fourth-order valence-corrected chi connectivity index (χ4v) is 2.66. The molecule has 0 bridgehead atoms. The van der Waals surface area contributed by atoms with Crippen LogP contribution in [0.3, 0.4) is 0 Å². The van der Waals surface area contributed by atoms with Gasteiger partial charge in [0.25, 0.3) is 0 Å². The summed E-state index contributed by atoms with van der Waals surface area (Å²) in [6, 6.07) is 4.73. The Morgan fingerprint density at radius 2 is 2.25 bits per heavy atom. The molecule has 4 nitrogen and oxygen atoms in total. The van der Waals surface area contributed by atoms with E-state index >= 15 is 0 Å². The zero-order valence-corrected chi connectivity index (χ0v) is 12.7. The number of carbonyl (C=O) groups excluding carboxylic acids is 1. The van der Waals surface area contributed by atoms with Gasteiger partial charge in [0, 0.05) is 11.6 Å². The lowest BCUT2D eigenvalue weighted by molar-refractivity contribution is 0.250. The van der Waals surface area contributed by atoms with E-state index in [0.717, 1.165) is 19.5 Å². The van der Waals surface area contributed by atoms with Gasteiger partial charge in [0.15, 0.2) is 0 Å². The molecule has 0 aliphatic carbocycles. The van der Waals surface area contributed by atoms with Gasteiger partial charge >= 0.3 is 6.03 Å². The van der Waals surface area contributed by atoms with E-state index in [1.807, 2.05) is 0 Å². The van der Waals surface area contributed by atoms with Crippen LogP contribution in [0, 0.1) is 5.92 Å². The van der Waals surface area contributed by atoms with Crippen molar-refractivity contribution in [1.82, 2.24) is 10.6 Å². The van der Waals surface area contributed by atoms with Gasteiger partial charge in [0.1, 0.15) is 0 Å². The van der Waals surface area contributed by atoms with Crippen LogP contribution in [0.1, 0.15) is 19.3 Å². The molecule has 0 saturated carbocycles. The van der Waals surface area contributed by atoms with Crippen LogP contribution in [0.2, 0.25) is 10.0 Å². The van der Waals surface area contributed by atoms with Crippen molar-refractivity contribution in [3.05, 3.63) is 28.2 Å². The average molecular weight is 316 g/mol. The van der Waals surface area contributed by atoms with Crippen molar-refractivity contribution in [3.63, 3.8) is 0 Å². The molecule has 1 fully saturated rings. The maximum absolute atomic E-state index is 11.8. The highest BCUT2D eigenvalue weighted by Gasteiger charge is 2.13. The van der Waals surface area contributed by atoms with Gasteiger partial charge in [-0.2, -0.15) is 0 Å². The standard InChI is InChI=1S/C14H19Cl2N3O/c15-11-3-4-12(16)13(8-11)19-14(20)18-7-5-10-2-1-6-17-9-10/h3-4,8,10,17H,1-2,5-7,9H2,(H2,18,19,20). The van der Waals surface area contributed by atoms with Crippen LogP contribution in [-0.4, -0.2) is 25.7 Å². The largest absolute Gasteiger partial charge is 0.338 e. The molecule has 2 amide bonds. The van der Waals surface area contributed by atoms with Gasteiger partial charge in [-0.15, -0.1) is 0 Å². The minimum atomic E-state index is -0.252. The number of piperidine rings is 1. The van der Waals surface area contributed by atoms with Crippen molar-refractivity contribution >= 4 is 34.9 Å². The minimum absolute atomic E-state index is 0.252. The third kappa shape index (κ3) is 4.85. The molecule has 1 aliphatic heterocycles. The van der Waals surface area contributed by atoms with E-state index in [0.29, 0.717) is 28.2 Å². The fraction of sp³-hybridized carbons (Fsp3) is 0.500. The lowest BCUT2D eigenvalue weighted by atomic mass is 9.96. The number of halogens is 2. The predicted molar refractivity (Wildman–Crippen MR) is 83.7 cm³/mol. The van der Waals surface area contributed by atoms with Crippen LogP contribution in [0.15, 0.2) is 18.2 Å². The lowest BCUT2D eigenvalue weighted by Gasteiger charge is -2.22. The molecular formula is C14H19Cl2N3O. The Balaban J connectivity index is 1.73. The quantitative estimate of drug-likeness (QED) is 0.796. The molecule has 1 aromatic carbocycles. The lowest BCUT2D eigenvalue weighted by Crippen LogP contribution is -2.34. The molecule has 0 spiro atoms. The highest BCUT2D eigenvalue weighted by atomic mass is 35.5. The Morgan fingerprint density at radius 3 is 3.00 bits per heavy atom. The number of hydrogen-bond donors (Lipinski definition) is 3. The van der Waals surface area contributed by atoms with Crippen LogP contribution in [0.4, 0.5) is 10.5 Å². The van der Waals surface area contributed by atoms with Gasteiger partial charge in [-0.1, -0.05) is 23.2 Å². The third-order valence-corrected chi connectivity index (χ3v) is 3.98. The smallest absolute Gasteiger partial charge is 0.319 e. The van der Waals surface area contributed by atoms with Gasteiger partial charge < -0.3 is 16.0 Å². The van der Waals surface area contributed by atoms with E-state index in [1.54, 1.807) is 18.2 Å². The molecule has 1 unspecified atom stereocenters. The van der Waals surface area contributed by atoms with Crippen molar-refractivity contribution < 1.29 is 4.79 Å². The van der Waals surface area contributed by atoms with E-state index in [4.69, 9.17) is 23.2 Å². The van der Waals surface area contributed by atoms with Gasteiger partial charge in [0.05, 0.1) is 10.7 Å². The number of amides is 2. The summed E-state index contributed by atoms with van der Waals surface area (Å²) in [7, 11) is 0. The Morgan fingerprint density at radius 1 is 1.40 bits per heavy atom. The number of anilines is 1. The number of urea groups is 1. The first-order chi connectivity index (χ1) is 9.65. The van der Waals surface area contributed by atoms with E-state index in [9.17, 15) is 4.79 Å². The number of hydrogen-bond acceptors (Lipinski definition) is 2. The maximum Gasteiger partial charge on any atom is 0.319 e. The number of benzene rings is 1. The summed E-state index contributed by atoms with van der Waals surface area (Å²) in [5.41, 5.74) is 0.524. The third-order valence-electron chi connectivity index (χ3n) is 3.41. The van der Waals surface area contributed by atoms with Crippen molar-refractivity contribution in [2.45, 2.75) is 19.3 Å². The molecule has 1 saturated heterocycles. The highest BCUT2D eigenvalue weighted by Crippen LogP contribution is 2.25. The second-order valence-electron chi connectivity index (χ2n) is 5.01. The zero-order valence-electron chi connectivity index (χ0n) is 11.2. The summed E-state index contributed by atoms with van der Waals surface area (Å²) in [6.07, 6.45) is 3.44. The Kier molecular flexibility index (Phi) is 5.95. The van der Waals surface area contributed by atoms with Crippen LogP contribution in [-0.2, 0) is 0 Å². The number of rotatable bonds is 4. The van der Waals surface area contributed by atoms with E-state index < -0.39 is 0 Å². The summed E-state index contributed by atoms with van der Waals surface area (Å²) >= 11 is 11.9. The fourth-order valence-electron chi connectivity index (χ4n) is 2.32. The SMILES string of the molecule is O=C(NCCC1CCCNC1)Nc1cc(Cl)ccc1Cl. The number of carbonyl (C=O) groups is 1. The van der Waals surface area contributed by atoms with Gasteiger partial charge in [0.2, 0.25) is 0 Å². The molecule has 1 aliphatic rings. The first-order valence-electron chi connectivity index (χ1n) is 6.86. The van der Waals surface area contributed by atoms with Crippen LogP contribution >= 0.6 is 23.2 Å². The number of nitrogens with one attached hydrogen (secondary N) is 3. The molecule has 20 heavy (non-hydrogen) atoms. The van der Waals surface area contributed by atoms with Crippen LogP contribution in [0.5, 0.6) is 0 Å². The molecule has 6 heteroatoms. The van der Waals surface area contributed by atoms with E-state index in [-0.39, 0.29) is 6.03 Å².